The van der Waals surface area contributed by atoms with Crippen molar-refractivity contribution in [1.29, 1.82) is 0 Å². The summed E-state index contributed by atoms with van der Waals surface area (Å²) in [6, 6.07) is 0. The number of hydrogen-bond donors (Lipinski definition) is 1. The first kappa shape index (κ1) is 13.1. The number of hydrogen-bond acceptors (Lipinski definition) is 4. The molecule has 1 aliphatic heterocycles. The minimum Gasteiger partial charge on any atom is -0.480 e. The number of carbonyl (C=O) groups is 1. The van der Waals surface area contributed by atoms with Crippen molar-refractivity contribution in [2.45, 2.75) is 52.1 Å². The van der Waals surface area contributed by atoms with Crippen LogP contribution in [0, 0.1) is 13.8 Å². The van der Waals surface area contributed by atoms with Crippen LogP contribution in [0.3, 0.4) is 0 Å². The highest BCUT2D eigenvalue weighted by Crippen LogP contribution is 2.34. The van der Waals surface area contributed by atoms with Gasteiger partial charge in [-0.1, -0.05) is 12.1 Å². The van der Waals surface area contributed by atoms with Crippen LogP contribution in [-0.4, -0.2) is 33.2 Å². The number of carboxylic acid groups (broad SMARTS) is 1. The molecular weight excluding hydrogens is 232 g/mol. The number of aryl methyl sites for hydroxylation is 2. The van der Waals surface area contributed by atoms with E-state index >= 15 is 0 Å². The summed E-state index contributed by atoms with van der Waals surface area (Å²) < 4.78 is 5.14. The van der Waals surface area contributed by atoms with Crippen molar-refractivity contribution in [2.24, 2.45) is 0 Å². The zero-order chi connectivity index (χ0) is 13.3. The van der Waals surface area contributed by atoms with Gasteiger partial charge in [-0.05, 0) is 39.7 Å². The van der Waals surface area contributed by atoms with Crippen molar-refractivity contribution >= 4 is 5.97 Å². The predicted octanol–water partition coefficient (Wildman–Crippen LogP) is 2.12. The topological polar surface area (TPSA) is 66.6 Å². The molecule has 1 saturated heterocycles. The molecule has 0 radical (unpaired) electrons. The number of nitrogens with zero attached hydrogens (tertiary/aromatic N) is 2. The van der Waals surface area contributed by atoms with Gasteiger partial charge in [0.2, 0.25) is 0 Å². The van der Waals surface area contributed by atoms with Gasteiger partial charge < -0.3 is 9.63 Å². The minimum atomic E-state index is -0.714. The number of aliphatic carboxylic acids is 1. The van der Waals surface area contributed by atoms with E-state index in [4.69, 9.17) is 4.52 Å². The molecule has 5 nitrogen and oxygen atoms in total. The highest BCUT2D eigenvalue weighted by atomic mass is 16.5. The third-order valence-corrected chi connectivity index (χ3v) is 4.14. The Labute approximate surface area is 107 Å². The van der Waals surface area contributed by atoms with Gasteiger partial charge in [0.25, 0.3) is 0 Å². The Balaban J connectivity index is 2.26. The van der Waals surface area contributed by atoms with Crippen LogP contribution in [0.5, 0.6) is 0 Å². The van der Waals surface area contributed by atoms with Crippen LogP contribution in [0.2, 0.25) is 0 Å². The molecule has 1 unspecified atom stereocenters. The van der Waals surface area contributed by atoms with Crippen LogP contribution in [0.25, 0.3) is 0 Å². The number of rotatable bonds is 4. The number of aromatic nitrogens is 1. The van der Waals surface area contributed by atoms with E-state index in [9.17, 15) is 9.90 Å². The molecule has 0 aromatic carbocycles. The molecule has 1 aromatic heterocycles. The standard InChI is InChI=1S/C13H20N2O3/c1-4-13(12(16)17)6-5-7-15(13)8-11-9(2)14-18-10(11)3/h4-8H2,1-3H3,(H,16,17). The molecule has 0 amide bonds. The average Bonchev–Trinajstić information content (AvgIpc) is 2.88. The van der Waals surface area contributed by atoms with E-state index in [1.165, 1.54) is 0 Å². The Bertz CT molecular complexity index is 436. The summed E-state index contributed by atoms with van der Waals surface area (Å²) in [5.41, 5.74) is 1.17. The third kappa shape index (κ3) is 1.92. The zero-order valence-corrected chi connectivity index (χ0v) is 11.2. The lowest BCUT2D eigenvalue weighted by Crippen LogP contribution is -2.49. The Kier molecular flexibility index (Phi) is 3.43. The molecule has 2 heterocycles. The van der Waals surface area contributed by atoms with E-state index in [-0.39, 0.29) is 0 Å². The molecule has 0 aliphatic carbocycles. The van der Waals surface area contributed by atoms with Crippen molar-refractivity contribution in [1.82, 2.24) is 10.1 Å². The second kappa shape index (κ2) is 4.72. The van der Waals surface area contributed by atoms with Crippen LogP contribution in [0.15, 0.2) is 4.52 Å². The third-order valence-electron chi connectivity index (χ3n) is 4.14. The van der Waals surface area contributed by atoms with E-state index in [2.05, 4.69) is 10.1 Å². The molecular formula is C13H20N2O3. The summed E-state index contributed by atoms with van der Waals surface area (Å²) in [6.07, 6.45) is 2.29. The molecule has 1 N–H and O–H groups in total. The summed E-state index contributed by atoms with van der Waals surface area (Å²) in [4.78, 5) is 13.6. The summed E-state index contributed by atoms with van der Waals surface area (Å²) in [6.45, 7) is 7.15. The molecule has 2 rings (SSSR count). The Morgan fingerprint density at radius 1 is 1.56 bits per heavy atom. The van der Waals surface area contributed by atoms with Gasteiger partial charge in [-0.3, -0.25) is 9.69 Å². The molecule has 1 aromatic rings. The van der Waals surface area contributed by atoms with Crippen LogP contribution in [0.1, 0.15) is 43.2 Å². The summed E-state index contributed by atoms with van der Waals surface area (Å²) >= 11 is 0. The normalized spacial score (nSPS) is 24.6. The number of carboxylic acids is 1. The lowest BCUT2D eigenvalue weighted by atomic mass is 9.92. The fourth-order valence-corrected chi connectivity index (χ4v) is 2.88. The Hall–Kier alpha value is -1.36. The Morgan fingerprint density at radius 2 is 2.28 bits per heavy atom. The molecule has 1 atom stereocenters. The van der Waals surface area contributed by atoms with E-state index in [1.807, 2.05) is 20.8 Å². The van der Waals surface area contributed by atoms with E-state index in [1.54, 1.807) is 0 Å². The van der Waals surface area contributed by atoms with Crippen LogP contribution in [-0.2, 0) is 11.3 Å². The molecule has 5 heteroatoms. The van der Waals surface area contributed by atoms with Crippen LogP contribution in [0.4, 0.5) is 0 Å². The highest BCUT2D eigenvalue weighted by Gasteiger charge is 2.46. The maximum Gasteiger partial charge on any atom is 0.324 e. The Morgan fingerprint density at radius 3 is 2.78 bits per heavy atom. The van der Waals surface area contributed by atoms with Crippen molar-refractivity contribution in [3.63, 3.8) is 0 Å². The summed E-state index contributed by atoms with van der Waals surface area (Å²) in [5, 5.41) is 13.4. The lowest BCUT2D eigenvalue weighted by molar-refractivity contribution is -0.150. The predicted molar refractivity (Wildman–Crippen MR) is 66.3 cm³/mol. The van der Waals surface area contributed by atoms with Crippen molar-refractivity contribution < 1.29 is 14.4 Å². The van der Waals surface area contributed by atoms with E-state index in [0.717, 1.165) is 36.4 Å². The SMILES string of the molecule is CCC1(C(=O)O)CCCN1Cc1c(C)noc1C. The maximum atomic E-state index is 11.6. The van der Waals surface area contributed by atoms with Gasteiger partial charge in [0, 0.05) is 12.1 Å². The fraction of sp³-hybridized carbons (Fsp3) is 0.692. The van der Waals surface area contributed by atoms with Gasteiger partial charge in [0.1, 0.15) is 11.3 Å². The highest BCUT2D eigenvalue weighted by molar-refractivity contribution is 5.79. The molecule has 0 bridgehead atoms. The molecule has 1 fully saturated rings. The van der Waals surface area contributed by atoms with Crippen LogP contribution >= 0.6 is 0 Å². The molecule has 0 saturated carbocycles. The second-order valence-corrected chi connectivity index (χ2v) is 5.02. The molecule has 1 aliphatic rings. The first-order valence-corrected chi connectivity index (χ1v) is 6.41. The van der Waals surface area contributed by atoms with Gasteiger partial charge in [-0.2, -0.15) is 0 Å². The van der Waals surface area contributed by atoms with Crippen molar-refractivity contribution in [2.75, 3.05) is 6.54 Å². The summed E-state index contributed by atoms with van der Waals surface area (Å²) in [5.74, 6) is 0.0732. The van der Waals surface area contributed by atoms with Gasteiger partial charge in [0.05, 0.1) is 5.69 Å². The lowest BCUT2D eigenvalue weighted by Gasteiger charge is -2.33. The average molecular weight is 252 g/mol. The second-order valence-electron chi connectivity index (χ2n) is 5.02. The monoisotopic (exact) mass is 252 g/mol. The zero-order valence-electron chi connectivity index (χ0n) is 11.2. The maximum absolute atomic E-state index is 11.6. The van der Waals surface area contributed by atoms with Crippen molar-refractivity contribution in [3.05, 3.63) is 17.0 Å². The minimum absolute atomic E-state index is 0.612. The van der Waals surface area contributed by atoms with Crippen molar-refractivity contribution in [3.8, 4) is 0 Å². The first-order chi connectivity index (χ1) is 8.51. The van der Waals surface area contributed by atoms with Gasteiger partial charge in [-0.15, -0.1) is 0 Å². The van der Waals surface area contributed by atoms with Gasteiger partial charge in [-0.25, -0.2) is 0 Å². The van der Waals surface area contributed by atoms with Gasteiger partial charge >= 0.3 is 5.97 Å². The first-order valence-electron chi connectivity index (χ1n) is 6.41. The van der Waals surface area contributed by atoms with E-state index < -0.39 is 11.5 Å². The van der Waals surface area contributed by atoms with E-state index in [0.29, 0.717) is 13.0 Å². The summed E-state index contributed by atoms with van der Waals surface area (Å²) in [7, 11) is 0. The molecule has 100 valence electrons. The largest absolute Gasteiger partial charge is 0.480 e. The molecule has 0 spiro atoms. The van der Waals surface area contributed by atoms with Gasteiger partial charge in [0.15, 0.2) is 0 Å². The van der Waals surface area contributed by atoms with Crippen LogP contribution < -0.4 is 0 Å². The quantitative estimate of drug-likeness (QED) is 0.889. The molecule has 18 heavy (non-hydrogen) atoms. The number of likely N-dealkylation sites (tertiary alicyclic amines) is 1. The fourth-order valence-electron chi connectivity index (χ4n) is 2.88. The smallest absolute Gasteiger partial charge is 0.324 e.